The Balaban J connectivity index is 2.31. The number of nitrogens with one attached hydrogen (secondary N) is 2. The highest BCUT2D eigenvalue weighted by atomic mass is 19.1. The first-order chi connectivity index (χ1) is 14.2. The number of rotatable bonds is 8. The molecular weight excluding hydrogens is 387 g/mol. The number of carbonyl (C=O) groups is 3. The fraction of sp³-hybridized carbons (Fsp3) is 0.261. The molecule has 7 heteroatoms. The molecule has 3 N–H and O–H groups in total. The van der Waals surface area contributed by atoms with Gasteiger partial charge >= 0.3 is 5.97 Å². The number of carbonyl (C=O) groups excluding carboxylic acids is 2. The van der Waals surface area contributed by atoms with Gasteiger partial charge in [-0.05, 0) is 55.2 Å². The molecule has 30 heavy (non-hydrogen) atoms. The standard InChI is InChI=1S/C23H25FN2O4/c1-14(2)12-20(23(29)30)26-22(28)19(13-16-6-10-18(24)11-7-16)25-21(27)17-8-4-15(3)5-9-17/h4-11,13-14,20H,12H2,1-3H3,(H,25,27)(H,26,28)(H,29,30). The van der Waals surface area contributed by atoms with Crippen molar-refractivity contribution in [3.05, 3.63) is 76.7 Å². The van der Waals surface area contributed by atoms with E-state index in [9.17, 15) is 23.9 Å². The van der Waals surface area contributed by atoms with Crippen molar-refractivity contribution in [3.8, 4) is 0 Å². The van der Waals surface area contributed by atoms with E-state index in [-0.39, 0.29) is 18.0 Å². The summed E-state index contributed by atoms with van der Waals surface area (Å²) in [4.78, 5) is 36.9. The van der Waals surface area contributed by atoms with Crippen molar-refractivity contribution in [2.75, 3.05) is 0 Å². The van der Waals surface area contributed by atoms with Crippen LogP contribution in [0.15, 0.2) is 54.2 Å². The number of hydrogen-bond acceptors (Lipinski definition) is 3. The van der Waals surface area contributed by atoms with Crippen molar-refractivity contribution in [2.24, 2.45) is 5.92 Å². The molecule has 0 bridgehead atoms. The lowest BCUT2D eigenvalue weighted by atomic mass is 10.0. The Morgan fingerprint density at radius 3 is 2.17 bits per heavy atom. The predicted molar refractivity (Wildman–Crippen MR) is 112 cm³/mol. The van der Waals surface area contributed by atoms with Crippen molar-refractivity contribution in [2.45, 2.75) is 33.2 Å². The van der Waals surface area contributed by atoms with Crippen molar-refractivity contribution in [1.82, 2.24) is 10.6 Å². The summed E-state index contributed by atoms with van der Waals surface area (Å²) in [5.41, 5.74) is 1.66. The molecule has 158 valence electrons. The first kappa shape index (κ1) is 22.8. The average Bonchev–Trinajstić information content (AvgIpc) is 2.68. The van der Waals surface area contributed by atoms with E-state index in [1.165, 1.54) is 30.3 Å². The van der Waals surface area contributed by atoms with Crippen LogP contribution in [0.25, 0.3) is 6.08 Å². The van der Waals surface area contributed by atoms with Crippen LogP contribution in [0.1, 0.15) is 41.8 Å². The number of aryl methyl sites for hydroxylation is 1. The topological polar surface area (TPSA) is 95.5 Å². The zero-order chi connectivity index (χ0) is 22.3. The van der Waals surface area contributed by atoms with E-state index in [4.69, 9.17) is 0 Å². The summed E-state index contributed by atoms with van der Waals surface area (Å²) >= 11 is 0. The third-order valence-electron chi connectivity index (χ3n) is 4.30. The molecule has 0 heterocycles. The molecule has 0 radical (unpaired) electrons. The van der Waals surface area contributed by atoms with Crippen molar-refractivity contribution in [3.63, 3.8) is 0 Å². The molecule has 1 atom stereocenters. The molecule has 0 aliphatic heterocycles. The number of carboxylic acid groups (broad SMARTS) is 1. The quantitative estimate of drug-likeness (QED) is 0.578. The summed E-state index contributed by atoms with van der Waals surface area (Å²) in [5.74, 6) is -2.83. The number of benzene rings is 2. The Bertz CT molecular complexity index is 935. The van der Waals surface area contributed by atoms with E-state index in [1.54, 1.807) is 24.3 Å². The van der Waals surface area contributed by atoms with Gasteiger partial charge in [0.2, 0.25) is 0 Å². The summed E-state index contributed by atoms with van der Waals surface area (Å²) in [6.07, 6.45) is 1.60. The number of halogens is 1. The summed E-state index contributed by atoms with van der Waals surface area (Å²) in [6, 6.07) is 11.0. The summed E-state index contributed by atoms with van der Waals surface area (Å²) in [5, 5.41) is 14.4. The number of hydrogen-bond donors (Lipinski definition) is 3. The Morgan fingerprint density at radius 1 is 1.03 bits per heavy atom. The molecular formula is C23H25FN2O4. The van der Waals surface area contributed by atoms with Gasteiger partial charge in [0.15, 0.2) is 0 Å². The zero-order valence-electron chi connectivity index (χ0n) is 17.1. The van der Waals surface area contributed by atoms with Gasteiger partial charge in [0.05, 0.1) is 0 Å². The fourth-order valence-corrected chi connectivity index (χ4v) is 2.71. The van der Waals surface area contributed by atoms with Crippen LogP contribution >= 0.6 is 0 Å². The maximum absolute atomic E-state index is 13.2. The molecule has 2 aromatic carbocycles. The van der Waals surface area contributed by atoms with Crippen LogP contribution in [0, 0.1) is 18.7 Å². The van der Waals surface area contributed by atoms with E-state index < -0.39 is 29.6 Å². The first-order valence-electron chi connectivity index (χ1n) is 9.54. The second-order valence-electron chi connectivity index (χ2n) is 7.42. The third kappa shape index (κ3) is 6.84. The number of carboxylic acids is 1. The van der Waals surface area contributed by atoms with Crippen LogP contribution < -0.4 is 10.6 Å². The highest BCUT2D eigenvalue weighted by Crippen LogP contribution is 2.11. The average molecular weight is 412 g/mol. The van der Waals surface area contributed by atoms with Crippen molar-refractivity contribution < 1.29 is 23.9 Å². The van der Waals surface area contributed by atoms with Gasteiger partial charge in [-0.15, -0.1) is 0 Å². The lowest BCUT2D eigenvalue weighted by molar-refractivity contribution is -0.141. The van der Waals surface area contributed by atoms with E-state index in [2.05, 4.69) is 10.6 Å². The van der Waals surface area contributed by atoms with E-state index in [0.717, 1.165) is 5.56 Å². The molecule has 6 nitrogen and oxygen atoms in total. The van der Waals surface area contributed by atoms with Crippen LogP contribution in [0.2, 0.25) is 0 Å². The second kappa shape index (κ2) is 10.3. The molecule has 0 fully saturated rings. The van der Waals surface area contributed by atoms with Crippen LogP contribution in [0.3, 0.4) is 0 Å². The largest absolute Gasteiger partial charge is 0.480 e. The Kier molecular flexibility index (Phi) is 7.86. The van der Waals surface area contributed by atoms with Gasteiger partial charge < -0.3 is 15.7 Å². The van der Waals surface area contributed by atoms with Crippen molar-refractivity contribution in [1.29, 1.82) is 0 Å². The van der Waals surface area contributed by atoms with Crippen molar-refractivity contribution >= 4 is 23.9 Å². The number of aliphatic carboxylic acids is 1. The minimum atomic E-state index is -1.16. The van der Waals surface area contributed by atoms with Gasteiger partial charge in [0, 0.05) is 5.56 Å². The van der Waals surface area contributed by atoms with E-state index in [1.807, 2.05) is 20.8 Å². The molecule has 2 aromatic rings. The minimum Gasteiger partial charge on any atom is -0.480 e. The molecule has 0 aromatic heterocycles. The normalized spacial score (nSPS) is 12.4. The van der Waals surface area contributed by atoms with Gasteiger partial charge in [-0.2, -0.15) is 0 Å². The first-order valence-corrected chi connectivity index (χ1v) is 9.54. The lowest BCUT2D eigenvalue weighted by Crippen LogP contribution is -2.45. The van der Waals surface area contributed by atoms with Crippen LogP contribution in [0.5, 0.6) is 0 Å². The van der Waals surface area contributed by atoms with Gasteiger partial charge in [-0.1, -0.05) is 43.7 Å². The predicted octanol–water partition coefficient (Wildman–Crippen LogP) is 3.52. The monoisotopic (exact) mass is 412 g/mol. The lowest BCUT2D eigenvalue weighted by Gasteiger charge is -2.18. The SMILES string of the molecule is Cc1ccc(C(=O)NC(=Cc2ccc(F)cc2)C(=O)NC(CC(C)C)C(=O)O)cc1. The molecule has 0 saturated heterocycles. The van der Waals surface area contributed by atoms with Gasteiger partial charge in [0.1, 0.15) is 17.6 Å². The maximum Gasteiger partial charge on any atom is 0.326 e. The van der Waals surface area contributed by atoms with Crippen LogP contribution in [-0.2, 0) is 9.59 Å². The Morgan fingerprint density at radius 2 is 1.63 bits per heavy atom. The van der Waals surface area contributed by atoms with Gasteiger partial charge in [-0.3, -0.25) is 9.59 Å². The molecule has 0 aliphatic rings. The highest BCUT2D eigenvalue weighted by Gasteiger charge is 2.24. The summed E-state index contributed by atoms with van der Waals surface area (Å²) in [7, 11) is 0. The summed E-state index contributed by atoms with van der Waals surface area (Å²) < 4.78 is 13.2. The van der Waals surface area contributed by atoms with Crippen LogP contribution in [0.4, 0.5) is 4.39 Å². The summed E-state index contributed by atoms with van der Waals surface area (Å²) in [6.45, 7) is 5.57. The smallest absolute Gasteiger partial charge is 0.326 e. The molecule has 2 rings (SSSR count). The number of amides is 2. The van der Waals surface area contributed by atoms with Crippen LogP contribution in [-0.4, -0.2) is 28.9 Å². The molecule has 0 saturated carbocycles. The minimum absolute atomic E-state index is 0.0399. The highest BCUT2D eigenvalue weighted by molar-refractivity contribution is 6.06. The molecule has 2 amide bonds. The second-order valence-corrected chi connectivity index (χ2v) is 7.42. The maximum atomic E-state index is 13.2. The third-order valence-corrected chi connectivity index (χ3v) is 4.30. The Labute approximate surface area is 174 Å². The Hall–Kier alpha value is -3.48. The van der Waals surface area contributed by atoms with E-state index in [0.29, 0.717) is 11.1 Å². The molecule has 0 aliphatic carbocycles. The van der Waals surface area contributed by atoms with Gasteiger partial charge in [-0.25, -0.2) is 9.18 Å². The van der Waals surface area contributed by atoms with E-state index >= 15 is 0 Å². The fourth-order valence-electron chi connectivity index (χ4n) is 2.71. The molecule has 1 unspecified atom stereocenters. The zero-order valence-corrected chi connectivity index (χ0v) is 17.1. The molecule has 0 spiro atoms. The van der Waals surface area contributed by atoms with Gasteiger partial charge in [0.25, 0.3) is 11.8 Å².